The molecule has 0 saturated heterocycles. The normalized spacial score (nSPS) is 17.3. The number of hydrogen-bond donors (Lipinski definition) is 0. The van der Waals surface area contributed by atoms with Gasteiger partial charge >= 0.3 is 5.69 Å². The molecule has 5 rings (SSSR count). The molecule has 1 aliphatic heterocycles. The van der Waals surface area contributed by atoms with Gasteiger partial charge in [-0.2, -0.15) is 0 Å². The van der Waals surface area contributed by atoms with Crippen LogP contribution < -0.4 is 11.2 Å². The predicted molar refractivity (Wildman–Crippen MR) is 126 cm³/mol. The molecule has 0 amide bonds. The van der Waals surface area contributed by atoms with E-state index < -0.39 is 17.3 Å². The van der Waals surface area contributed by atoms with Gasteiger partial charge in [0.1, 0.15) is 11.9 Å². The molecule has 4 aromatic rings. The molecule has 0 N–H and O–H groups in total. The summed E-state index contributed by atoms with van der Waals surface area (Å²) in [4.78, 5) is 26.5. The molecule has 0 saturated carbocycles. The molecular formula is C26H26FN3O3. The maximum absolute atomic E-state index is 14.2. The molecule has 3 heterocycles. The average Bonchev–Trinajstić information content (AvgIpc) is 3.14. The number of hydrogen-bond acceptors (Lipinski definition) is 3. The third-order valence-corrected chi connectivity index (χ3v) is 6.51. The summed E-state index contributed by atoms with van der Waals surface area (Å²) in [6.45, 7) is 6.44. The van der Waals surface area contributed by atoms with Gasteiger partial charge in [-0.05, 0) is 50.1 Å². The third kappa shape index (κ3) is 3.10. The van der Waals surface area contributed by atoms with Crippen molar-refractivity contribution in [3.8, 4) is 11.3 Å². The van der Waals surface area contributed by atoms with Crippen LogP contribution in [0.15, 0.2) is 58.1 Å². The van der Waals surface area contributed by atoms with E-state index in [1.54, 1.807) is 19.2 Å². The minimum atomic E-state index is -0.632. The lowest BCUT2D eigenvalue weighted by Crippen LogP contribution is -2.40. The summed E-state index contributed by atoms with van der Waals surface area (Å²) >= 11 is 0. The highest BCUT2D eigenvalue weighted by atomic mass is 19.1. The Morgan fingerprint density at radius 3 is 2.45 bits per heavy atom. The molecule has 170 valence electrons. The van der Waals surface area contributed by atoms with Gasteiger partial charge in [0, 0.05) is 14.1 Å². The summed E-state index contributed by atoms with van der Waals surface area (Å²) in [6, 6.07) is 14.2. The van der Waals surface area contributed by atoms with Crippen molar-refractivity contribution in [3.05, 3.63) is 92.0 Å². The van der Waals surface area contributed by atoms with Crippen molar-refractivity contribution in [3.63, 3.8) is 0 Å². The van der Waals surface area contributed by atoms with Crippen LogP contribution in [0.4, 0.5) is 4.39 Å². The van der Waals surface area contributed by atoms with E-state index in [0.717, 1.165) is 21.4 Å². The highest BCUT2D eigenvalue weighted by molar-refractivity contribution is 5.97. The molecule has 1 atom stereocenters. The molecule has 6 nitrogen and oxygen atoms in total. The van der Waals surface area contributed by atoms with Gasteiger partial charge in [-0.15, -0.1) is 0 Å². The summed E-state index contributed by atoms with van der Waals surface area (Å²) < 4.78 is 25.2. The molecule has 0 bridgehead atoms. The van der Waals surface area contributed by atoms with E-state index in [4.69, 9.17) is 4.74 Å². The first kappa shape index (κ1) is 21.4. The Morgan fingerprint density at radius 2 is 1.76 bits per heavy atom. The summed E-state index contributed by atoms with van der Waals surface area (Å²) in [7, 11) is 3.15. The second-order valence-electron chi connectivity index (χ2n) is 9.43. The number of fused-ring (bicyclic) bond motifs is 3. The van der Waals surface area contributed by atoms with E-state index in [2.05, 4.69) is 4.57 Å². The first-order chi connectivity index (χ1) is 15.6. The van der Waals surface area contributed by atoms with E-state index in [9.17, 15) is 14.0 Å². The van der Waals surface area contributed by atoms with Gasteiger partial charge in [-0.3, -0.25) is 13.9 Å². The number of ether oxygens (including phenoxy) is 1. The fourth-order valence-electron chi connectivity index (χ4n) is 4.99. The Bertz CT molecular complexity index is 1540. The van der Waals surface area contributed by atoms with Crippen molar-refractivity contribution in [1.29, 1.82) is 0 Å². The number of rotatable bonds is 2. The van der Waals surface area contributed by atoms with E-state index in [1.165, 1.54) is 23.7 Å². The van der Waals surface area contributed by atoms with Crippen molar-refractivity contribution in [2.75, 3.05) is 6.61 Å². The highest BCUT2D eigenvalue weighted by Crippen LogP contribution is 2.45. The molecule has 0 spiro atoms. The van der Waals surface area contributed by atoms with Gasteiger partial charge in [0.25, 0.3) is 5.56 Å². The van der Waals surface area contributed by atoms with Crippen LogP contribution in [-0.4, -0.2) is 20.3 Å². The summed E-state index contributed by atoms with van der Waals surface area (Å²) in [6.07, 6.45) is -0.632. The SMILES string of the molecule is Cc1cccc(-c2c3c(=O)n(C)c(=O)n(C)c3c3n2C(C)(C)COC3c2cccc(F)c2)c1. The molecule has 1 aliphatic rings. The van der Waals surface area contributed by atoms with E-state index in [0.29, 0.717) is 28.8 Å². The quantitative estimate of drug-likeness (QED) is 0.467. The van der Waals surface area contributed by atoms with Crippen LogP contribution in [0.1, 0.15) is 36.8 Å². The van der Waals surface area contributed by atoms with Crippen LogP contribution in [0.25, 0.3) is 22.2 Å². The van der Waals surface area contributed by atoms with Crippen molar-refractivity contribution >= 4 is 10.9 Å². The number of benzene rings is 2. The van der Waals surface area contributed by atoms with Crippen molar-refractivity contribution in [1.82, 2.24) is 13.7 Å². The van der Waals surface area contributed by atoms with Crippen LogP contribution >= 0.6 is 0 Å². The van der Waals surface area contributed by atoms with Gasteiger partial charge in [0.2, 0.25) is 0 Å². The minimum absolute atomic E-state index is 0.356. The Labute approximate surface area is 190 Å². The highest BCUT2D eigenvalue weighted by Gasteiger charge is 2.40. The first-order valence-corrected chi connectivity index (χ1v) is 10.9. The zero-order chi connectivity index (χ0) is 23.7. The lowest BCUT2D eigenvalue weighted by atomic mass is 9.98. The maximum Gasteiger partial charge on any atom is 0.331 e. The van der Waals surface area contributed by atoms with Crippen LogP contribution in [-0.2, 0) is 24.4 Å². The topological polar surface area (TPSA) is 58.2 Å². The van der Waals surface area contributed by atoms with Crippen LogP contribution in [0.2, 0.25) is 0 Å². The molecule has 0 fully saturated rings. The Balaban J connectivity index is 2.03. The molecule has 2 aromatic carbocycles. The first-order valence-electron chi connectivity index (χ1n) is 10.9. The summed E-state index contributed by atoms with van der Waals surface area (Å²) in [5, 5.41) is 0.458. The van der Waals surface area contributed by atoms with Crippen LogP contribution in [0, 0.1) is 12.7 Å². The van der Waals surface area contributed by atoms with Gasteiger partial charge < -0.3 is 9.30 Å². The molecule has 2 aromatic heterocycles. The third-order valence-electron chi connectivity index (χ3n) is 6.51. The smallest absolute Gasteiger partial charge is 0.331 e. The summed E-state index contributed by atoms with van der Waals surface area (Å²) in [5.41, 5.74) is 3.22. The largest absolute Gasteiger partial charge is 0.365 e. The van der Waals surface area contributed by atoms with E-state index in [1.807, 2.05) is 45.0 Å². The lowest BCUT2D eigenvalue weighted by molar-refractivity contribution is -0.00718. The number of aromatic nitrogens is 3. The van der Waals surface area contributed by atoms with E-state index >= 15 is 0 Å². The predicted octanol–water partition coefficient (Wildman–Crippen LogP) is 4.01. The molecule has 0 aliphatic carbocycles. The Hall–Kier alpha value is -3.45. The molecule has 0 radical (unpaired) electrons. The number of aryl methyl sites for hydroxylation is 2. The van der Waals surface area contributed by atoms with Crippen molar-refractivity contribution in [2.45, 2.75) is 32.4 Å². The molecule has 33 heavy (non-hydrogen) atoms. The molecular weight excluding hydrogens is 421 g/mol. The maximum atomic E-state index is 14.2. The molecule has 1 unspecified atom stereocenters. The standard InChI is InChI=1S/C26H26FN3O3/c1-15-8-6-9-16(12-15)20-19-21(28(4)25(32)29(5)24(19)31)22-23(17-10-7-11-18(27)13-17)33-14-26(2,3)30(20)22/h6-13,23H,14H2,1-5H3. The van der Waals surface area contributed by atoms with Gasteiger partial charge in [-0.1, -0.05) is 35.9 Å². The zero-order valence-corrected chi connectivity index (χ0v) is 19.3. The van der Waals surface area contributed by atoms with Crippen LogP contribution in [0.5, 0.6) is 0 Å². The van der Waals surface area contributed by atoms with Crippen molar-refractivity contribution in [2.24, 2.45) is 14.1 Å². The zero-order valence-electron chi connectivity index (χ0n) is 19.3. The van der Waals surface area contributed by atoms with E-state index in [-0.39, 0.29) is 11.4 Å². The van der Waals surface area contributed by atoms with Crippen LogP contribution in [0.3, 0.4) is 0 Å². The average molecular weight is 448 g/mol. The second-order valence-corrected chi connectivity index (χ2v) is 9.43. The number of nitrogens with zero attached hydrogens (tertiary/aromatic N) is 3. The van der Waals surface area contributed by atoms with Gasteiger partial charge in [-0.25, -0.2) is 9.18 Å². The Morgan fingerprint density at radius 1 is 1.03 bits per heavy atom. The fraction of sp³-hybridized carbons (Fsp3) is 0.308. The monoisotopic (exact) mass is 447 g/mol. The second kappa shape index (κ2) is 7.28. The molecule has 7 heteroatoms. The Kier molecular flexibility index (Phi) is 4.72. The van der Waals surface area contributed by atoms with Gasteiger partial charge in [0.05, 0.1) is 34.4 Å². The minimum Gasteiger partial charge on any atom is -0.365 e. The van der Waals surface area contributed by atoms with Crippen molar-refractivity contribution < 1.29 is 9.13 Å². The van der Waals surface area contributed by atoms with Gasteiger partial charge in [0.15, 0.2) is 0 Å². The lowest BCUT2D eigenvalue weighted by Gasteiger charge is -2.39. The summed E-state index contributed by atoms with van der Waals surface area (Å²) in [5.74, 6) is -0.368. The fourth-order valence-corrected chi connectivity index (χ4v) is 4.99. The number of halogens is 1.